The van der Waals surface area contributed by atoms with Crippen molar-refractivity contribution in [2.24, 2.45) is 0 Å². The summed E-state index contributed by atoms with van der Waals surface area (Å²) in [5, 5.41) is 0. The molecule has 1 unspecified atom stereocenters. The molecule has 0 radical (unpaired) electrons. The van der Waals surface area contributed by atoms with Crippen LogP contribution in [-0.2, 0) is 34.9 Å². The Balaban J connectivity index is 0.00000225. The number of carbonyl (C=O) groups excluding carboxylic acids is 2. The van der Waals surface area contributed by atoms with Crippen molar-refractivity contribution in [1.82, 2.24) is 0 Å². The molecule has 0 saturated carbocycles. The Morgan fingerprint density at radius 2 is 1.56 bits per heavy atom. The fourth-order valence-corrected chi connectivity index (χ4v) is 7.38. The maximum atomic E-state index is 11.9. The van der Waals surface area contributed by atoms with Gasteiger partial charge in [0.1, 0.15) is 0 Å². The summed E-state index contributed by atoms with van der Waals surface area (Å²) in [6.45, 7) is 3.59. The maximum Gasteiger partial charge on any atom is -1.00 e. The zero-order valence-electron chi connectivity index (χ0n) is 15.2. The molecule has 0 spiro atoms. The third-order valence-corrected chi connectivity index (χ3v) is 8.59. The van der Waals surface area contributed by atoms with Crippen molar-refractivity contribution in [1.29, 1.82) is 0 Å². The van der Waals surface area contributed by atoms with Crippen LogP contribution in [0, 0.1) is 0 Å². The van der Waals surface area contributed by atoms with Gasteiger partial charge in [0.15, 0.2) is 0 Å². The molecule has 0 bridgehead atoms. The summed E-state index contributed by atoms with van der Waals surface area (Å²) in [5.41, 5.74) is 6.20. The summed E-state index contributed by atoms with van der Waals surface area (Å²) in [5.74, 6) is -0.449. The third-order valence-electron chi connectivity index (χ3n) is 5.37. The van der Waals surface area contributed by atoms with Crippen molar-refractivity contribution in [3.63, 3.8) is 0 Å². The van der Waals surface area contributed by atoms with Crippen molar-refractivity contribution in [2.75, 3.05) is 0 Å². The molecule has 6 heteroatoms. The molecule has 25 heavy (non-hydrogen) atoms. The van der Waals surface area contributed by atoms with Crippen LogP contribution in [0.1, 0.15) is 78.1 Å². The van der Waals surface area contributed by atoms with E-state index in [0.717, 1.165) is 25.7 Å². The zero-order chi connectivity index (χ0) is 17.1. The minimum atomic E-state index is -2.71. The zero-order valence-corrected chi connectivity index (χ0v) is 17.5. The van der Waals surface area contributed by atoms with E-state index < -0.39 is 18.6 Å². The normalized spacial score (nSPS) is 21.9. The second kappa shape index (κ2) is 9.39. The maximum absolute atomic E-state index is 11.9. The van der Waals surface area contributed by atoms with Gasteiger partial charge in [-0.15, -0.1) is 0 Å². The Morgan fingerprint density at radius 3 is 2.20 bits per heavy atom. The molecule has 3 rings (SSSR count). The Hall–Kier alpha value is -0.576. The molecule has 0 fully saturated rings. The van der Waals surface area contributed by atoms with Gasteiger partial charge < -0.3 is 12.4 Å². The summed E-state index contributed by atoms with van der Waals surface area (Å²) in [4.78, 5) is 23.8. The molecule has 1 atom stereocenters. The van der Waals surface area contributed by atoms with Crippen LogP contribution in [0.5, 0.6) is 0 Å². The Labute approximate surface area is 163 Å². The van der Waals surface area contributed by atoms with Crippen molar-refractivity contribution in [3.05, 3.63) is 22.3 Å². The molecule has 0 heterocycles. The number of carbonyl (C=O) groups is 2. The average molecular weight is 403 g/mol. The monoisotopic (exact) mass is 402 g/mol. The minimum Gasteiger partial charge on any atom is -1.00 e. The summed E-state index contributed by atoms with van der Waals surface area (Å²) in [6, 6.07) is 0. The van der Waals surface area contributed by atoms with Gasteiger partial charge in [-0.05, 0) is 0 Å². The number of rotatable bonds is 5. The van der Waals surface area contributed by atoms with Crippen LogP contribution < -0.4 is 12.4 Å². The molecule has 0 amide bonds. The van der Waals surface area contributed by atoms with E-state index in [1.165, 1.54) is 36.8 Å². The van der Waals surface area contributed by atoms with Crippen molar-refractivity contribution < 1.29 is 47.3 Å². The van der Waals surface area contributed by atoms with Crippen LogP contribution in [0.15, 0.2) is 22.3 Å². The number of fused-ring (bicyclic) bond motifs is 1. The second-order valence-electron chi connectivity index (χ2n) is 6.89. The minimum absolute atomic E-state index is 0. The molecule has 0 saturated heterocycles. The first kappa shape index (κ1) is 20.7. The average Bonchev–Trinajstić information content (AvgIpc) is 2.99. The van der Waals surface area contributed by atoms with E-state index in [9.17, 15) is 9.59 Å². The van der Waals surface area contributed by atoms with Crippen LogP contribution in [0.2, 0.25) is 4.22 Å². The molecular weight excluding hydrogens is 376 g/mol. The van der Waals surface area contributed by atoms with Gasteiger partial charge in [-0.1, -0.05) is 0 Å². The van der Waals surface area contributed by atoms with Crippen LogP contribution in [0.3, 0.4) is 0 Å². The molecule has 3 aliphatic carbocycles. The SMILES string of the molecule is CCC(=O)[O][Ti+]([O]C(=O)CC)[CH]1CCCC2=C1CC1=C2CCCC1.[Cl-]. The van der Waals surface area contributed by atoms with E-state index >= 15 is 0 Å². The summed E-state index contributed by atoms with van der Waals surface area (Å²) in [6.07, 6.45) is 10.0. The fraction of sp³-hybridized carbons (Fsp3) is 0.684. The topological polar surface area (TPSA) is 52.6 Å². The molecule has 0 aromatic carbocycles. The van der Waals surface area contributed by atoms with Gasteiger partial charge in [0.25, 0.3) is 0 Å². The van der Waals surface area contributed by atoms with E-state index in [2.05, 4.69) is 0 Å². The van der Waals surface area contributed by atoms with Gasteiger partial charge in [0.2, 0.25) is 0 Å². The molecule has 0 aromatic heterocycles. The van der Waals surface area contributed by atoms with Gasteiger partial charge in [-0.2, -0.15) is 0 Å². The van der Waals surface area contributed by atoms with E-state index in [1.54, 1.807) is 25.0 Å². The smallest absolute Gasteiger partial charge is 1.00 e. The summed E-state index contributed by atoms with van der Waals surface area (Å²) in [7, 11) is 0. The van der Waals surface area contributed by atoms with Gasteiger partial charge in [0, 0.05) is 0 Å². The molecule has 138 valence electrons. The largest absolute Gasteiger partial charge is 1.00 e. The Kier molecular flexibility index (Phi) is 7.78. The predicted molar refractivity (Wildman–Crippen MR) is 87.5 cm³/mol. The molecule has 0 aliphatic heterocycles. The second-order valence-corrected chi connectivity index (χ2v) is 9.61. The first-order valence-electron chi connectivity index (χ1n) is 9.35. The number of hydrogen-bond donors (Lipinski definition) is 0. The molecule has 3 aliphatic rings. The molecule has 0 N–H and O–H groups in total. The van der Waals surface area contributed by atoms with Gasteiger partial charge in [-0.3, -0.25) is 0 Å². The number of hydrogen-bond acceptors (Lipinski definition) is 4. The quantitative estimate of drug-likeness (QED) is 0.659. The Bertz CT molecular complexity index is 578. The van der Waals surface area contributed by atoms with E-state index in [1.807, 2.05) is 0 Å². The first-order valence-corrected chi connectivity index (χ1v) is 11.5. The van der Waals surface area contributed by atoms with Crippen LogP contribution in [-0.4, -0.2) is 11.9 Å². The number of allylic oxidation sites excluding steroid dienone is 4. The van der Waals surface area contributed by atoms with Crippen molar-refractivity contribution in [2.45, 2.75) is 82.3 Å². The van der Waals surface area contributed by atoms with Crippen molar-refractivity contribution in [3.8, 4) is 0 Å². The van der Waals surface area contributed by atoms with Crippen LogP contribution >= 0.6 is 0 Å². The summed E-state index contributed by atoms with van der Waals surface area (Å²) >= 11 is -2.71. The van der Waals surface area contributed by atoms with Crippen molar-refractivity contribution >= 4 is 11.9 Å². The van der Waals surface area contributed by atoms with Gasteiger partial charge in [0.05, 0.1) is 0 Å². The standard InChI is InChI=1S/C13H17.2C3H6O2.ClH.Ti/c1-3-7-12-10(5-1)9-11-6-2-4-8-13(11)12;2*1-2-3(4)5;;/h5H,1-4,6-9H2;2*2H2,1H3,(H,4,5);1H;/q;;;;+3/p-3. The molecular formula is C19H27ClO4Ti. The fourth-order valence-electron chi connectivity index (χ4n) is 4.15. The van der Waals surface area contributed by atoms with Gasteiger partial charge in [-0.25, -0.2) is 0 Å². The van der Waals surface area contributed by atoms with Gasteiger partial charge >= 0.3 is 151 Å². The Morgan fingerprint density at radius 1 is 0.960 bits per heavy atom. The molecule has 0 aromatic rings. The third kappa shape index (κ3) is 4.59. The van der Waals surface area contributed by atoms with Crippen LogP contribution in [0.25, 0.3) is 0 Å². The van der Waals surface area contributed by atoms with E-state index in [4.69, 9.17) is 6.64 Å². The predicted octanol–water partition coefficient (Wildman–Crippen LogP) is 1.89. The van der Waals surface area contributed by atoms with Crippen LogP contribution in [0.4, 0.5) is 0 Å². The number of halogens is 1. The summed E-state index contributed by atoms with van der Waals surface area (Å²) < 4.78 is 11.6. The molecule has 4 nitrogen and oxygen atoms in total. The van der Waals surface area contributed by atoms with E-state index in [-0.39, 0.29) is 28.6 Å². The first-order chi connectivity index (χ1) is 11.6. The van der Waals surface area contributed by atoms with E-state index in [0.29, 0.717) is 12.8 Å².